The van der Waals surface area contributed by atoms with Crippen LogP contribution in [0.3, 0.4) is 0 Å². The van der Waals surface area contributed by atoms with Crippen molar-refractivity contribution >= 4 is 37.2 Å². The van der Waals surface area contributed by atoms with Crippen LogP contribution in [0.4, 0.5) is 5.82 Å². The normalized spacial score (nSPS) is 11.6. The Bertz CT molecular complexity index is 1160. The van der Waals surface area contributed by atoms with Crippen LogP contribution in [-0.4, -0.2) is 30.7 Å². The van der Waals surface area contributed by atoms with E-state index in [2.05, 4.69) is 27.4 Å². The van der Waals surface area contributed by atoms with Gasteiger partial charge in [0.15, 0.2) is 9.84 Å². The third-order valence-electron chi connectivity index (χ3n) is 4.15. The molecule has 0 saturated carbocycles. The molecule has 27 heavy (non-hydrogen) atoms. The minimum absolute atomic E-state index is 0.00180. The second-order valence-electron chi connectivity index (χ2n) is 5.98. The predicted octanol–water partition coefficient (Wildman–Crippen LogP) is 4.24. The van der Waals surface area contributed by atoms with Gasteiger partial charge in [-0.2, -0.15) is 0 Å². The van der Waals surface area contributed by atoms with Crippen molar-refractivity contribution in [3.05, 3.63) is 73.1 Å². The molecule has 2 aromatic heterocycles. The summed E-state index contributed by atoms with van der Waals surface area (Å²) in [5.74, 6) is 0.653. The van der Waals surface area contributed by atoms with E-state index in [1.54, 1.807) is 41.7 Å². The van der Waals surface area contributed by atoms with Gasteiger partial charge in [0.1, 0.15) is 17.0 Å². The third-order valence-corrected chi connectivity index (χ3v) is 6.98. The lowest BCUT2D eigenvalue weighted by atomic mass is 10.2. The summed E-state index contributed by atoms with van der Waals surface area (Å²) in [5.41, 5.74) is 1.12. The van der Waals surface area contributed by atoms with Crippen LogP contribution in [0.1, 0.15) is 0 Å². The highest BCUT2D eigenvalue weighted by atomic mass is 32.2. The molecule has 2 heterocycles. The Labute approximate surface area is 161 Å². The van der Waals surface area contributed by atoms with Gasteiger partial charge in [0.05, 0.1) is 16.0 Å². The molecule has 4 aromatic rings. The molecule has 0 aliphatic carbocycles. The maximum Gasteiger partial charge on any atom is 0.180 e. The second-order valence-corrected chi connectivity index (χ2v) is 9.12. The number of hydrogen-bond acceptors (Lipinski definition) is 6. The molecule has 0 amide bonds. The van der Waals surface area contributed by atoms with E-state index < -0.39 is 9.84 Å². The number of nitrogens with zero attached hydrogens (tertiary/aromatic N) is 2. The molecule has 0 unspecified atom stereocenters. The summed E-state index contributed by atoms with van der Waals surface area (Å²) in [6.45, 7) is 0.278. The van der Waals surface area contributed by atoms with Crippen molar-refractivity contribution in [3.63, 3.8) is 0 Å². The molecule has 1 N–H and O–H groups in total. The fourth-order valence-electron chi connectivity index (χ4n) is 2.79. The van der Waals surface area contributed by atoms with Gasteiger partial charge >= 0.3 is 0 Å². The summed E-state index contributed by atoms with van der Waals surface area (Å²) in [6, 6.07) is 20.6. The van der Waals surface area contributed by atoms with Crippen molar-refractivity contribution in [2.75, 3.05) is 17.6 Å². The summed E-state index contributed by atoms with van der Waals surface area (Å²) >= 11 is 1.59. The molecule has 0 atom stereocenters. The molecule has 5 nitrogen and oxygen atoms in total. The van der Waals surface area contributed by atoms with E-state index in [0.29, 0.717) is 10.7 Å². The highest BCUT2D eigenvalue weighted by molar-refractivity contribution is 7.91. The average molecular weight is 396 g/mol. The second kappa shape index (κ2) is 7.46. The standard InChI is InChI=1S/C20H17N3O2S2/c24-27(25,16-9-5-2-6-10-16)12-11-21-19-17-13-18(15-7-3-1-4-8-15)26-20(17)23-14-22-19/h1-10,13-14H,11-12H2,(H,21,22,23). The topological polar surface area (TPSA) is 72.0 Å². The Balaban J connectivity index is 1.53. The molecule has 0 aliphatic heterocycles. The van der Waals surface area contributed by atoms with E-state index in [9.17, 15) is 8.42 Å². The summed E-state index contributed by atoms with van der Waals surface area (Å²) in [6.07, 6.45) is 1.50. The fraction of sp³-hybridized carbons (Fsp3) is 0.100. The first-order chi connectivity index (χ1) is 13.1. The van der Waals surface area contributed by atoms with E-state index in [4.69, 9.17) is 0 Å². The van der Waals surface area contributed by atoms with Gasteiger partial charge in [-0.3, -0.25) is 0 Å². The van der Waals surface area contributed by atoms with Gasteiger partial charge in [0.25, 0.3) is 0 Å². The molecule has 2 aromatic carbocycles. The molecular formula is C20H17N3O2S2. The lowest BCUT2D eigenvalue weighted by molar-refractivity contribution is 0.596. The zero-order chi connectivity index (χ0) is 18.7. The van der Waals surface area contributed by atoms with Crippen molar-refractivity contribution in [2.24, 2.45) is 0 Å². The van der Waals surface area contributed by atoms with Crippen LogP contribution in [0.5, 0.6) is 0 Å². The highest BCUT2D eigenvalue weighted by Gasteiger charge is 2.14. The molecule has 136 valence electrons. The Kier molecular flexibility index (Phi) is 4.87. The quantitative estimate of drug-likeness (QED) is 0.529. The largest absolute Gasteiger partial charge is 0.368 e. The molecule has 0 radical (unpaired) electrons. The maximum absolute atomic E-state index is 12.4. The Morgan fingerprint density at radius 2 is 1.63 bits per heavy atom. The number of hydrogen-bond donors (Lipinski definition) is 1. The van der Waals surface area contributed by atoms with Crippen LogP contribution in [0, 0.1) is 0 Å². The highest BCUT2D eigenvalue weighted by Crippen LogP contribution is 2.34. The number of anilines is 1. The summed E-state index contributed by atoms with van der Waals surface area (Å²) < 4.78 is 24.8. The maximum atomic E-state index is 12.4. The van der Waals surface area contributed by atoms with Crippen LogP contribution in [0.15, 0.2) is 78.0 Å². The van der Waals surface area contributed by atoms with Gasteiger partial charge in [-0.1, -0.05) is 48.5 Å². The van der Waals surface area contributed by atoms with E-state index >= 15 is 0 Å². The molecule has 0 fully saturated rings. The molecule has 4 rings (SSSR count). The first-order valence-electron chi connectivity index (χ1n) is 8.45. The molecule has 0 spiro atoms. The number of benzene rings is 2. The minimum Gasteiger partial charge on any atom is -0.368 e. The predicted molar refractivity (Wildman–Crippen MR) is 110 cm³/mol. The van der Waals surface area contributed by atoms with Crippen LogP contribution in [0.25, 0.3) is 20.7 Å². The van der Waals surface area contributed by atoms with Crippen molar-refractivity contribution in [3.8, 4) is 10.4 Å². The Hall–Kier alpha value is -2.77. The molecular weight excluding hydrogens is 378 g/mol. The first-order valence-corrected chi connectivity index (χ1v) is 10.9. The number of fused-ring (bicyclic) bond motifs is 1. The Morgan fingerprint density at radius 3 is 2.37 bits per heavy atom. The SMILES string of the molecule is O=S(=O)(CCNc1ncnc2sc(-c3ccccc3)cc12)c1ccccc1. The number of thiophene rings is 1. The lowest BCUT2D eigenvalue weighted by Crippen LogP contribution is -2.16. The van der Waals surface area contributed by atoms with E-state index in [-0.39, 0.29) is 12.3 Å². The minimum atomic E-state index is -3.32. The monoisotopic (exact) mass is 395 g/mol. The van der Waals surface area contributed by atoms with Gasteiger partial charge in [-0.05, 0) is 23.8 Å². The molecule has 0 saturated heterocycles. The molecule has 7 heteroatoms. The fourth-order valence-corrected chi connectivity index (χ4v) is 4.97. The van der Waals surface area contributed by atoms with Gasteiger partial charge in [-0.15, -0.1) is 11.3 Å². The number of sulfone groups is 1. The smallest absolute Gasteiger partial charge is 0.180 e. The van der Waals surface area contributed by atoms with Gasteiger partial charge in [-0.25, -0.2) is 18.4 Å². The van der Waals surface area contributed by atoms with Crippen LogP contribution < -0.4 is 5.32 Å². The van der Waals surface area contributed by atoms with E-state index in [0.717, 1.165) is 20.7 Å². The average Bonchev–Trinajstić information content (AvgIpc) is 3.14. The van der Waals surface area contributed by atoms with Crippen LogP contribution >= 0.6 is 11.3 Å². The Morgan fingerprint density at radius 1 is 0.926 bits per heavy atom. The number of nitrogens with one attached hydrogen (secondary N) is 1. The molecule has 0 aliphatic rings. The zero-order valence-electron chi connectivity index (χ0n) is 14.4. The summed E-state index contributed by atoms with van der Waals surface area (Å²) in [7, 11) is -3.32. The zero-order valence-corrected chi connectivity index (χ0v) is 16.0. The molecule has 0 bridgehead atoms. The van der Waals surface area contributed by atoms with Crippen molar-refractivity contribution < 1.29 is 8.42 Å². The summed E-state index contributed by atoms with van der Waals surface area (Å²) in [5, 5.41) is 4.06. The van der Waals surface area contributed by atoms with Gasteiger partial charge in [0, 0.05) is 11.4 Å². The van der Waals surface area contributed by atoms with Crippen molar-refractivity contribution in [2.45, 2.75) is 4.90 Å². The van der Waals surface area contributed by atoms with Gasteiger partial charge in [0.2, 0.25) is 0 Å². The number of aromatic nitrogens is 2. The van der Waals surface area contributed by atoms with Gasteiger partial charge < -0.3 is 5.32 Å². The lowest BCUT2D eigenvalue weighted by Gasteiger charge is -2.07. The van der Waals surface area contributed by atoms with Crippen LogP contribution in [-0.2, 0) is 9.84 Å². The number of rotatable bonds is 6. The van der Waals surface area contributed by atoms with Crippen LogP contribution in [0.2, 0.25) is 0 Å². The van der Waals surface area contributed by atoms with E-state index in [1.165, 1.54) is 6.33 Å². The van der Waals surface area contributed by atoms with Crippen molar-refractivity contribution in [1.29, 1.82) is 0 Å². The summed E-state index contributed by atoms with van der Waals surface area (Å²) in [4.78, 5) is 10.9. The van der Waals surface area contributed by atoms with Crippen molar-refractivity contribution in [1.82, 2.24) is 9.97 Å². The third kappa shape index (κ3) is 3.84. The van der Waals surface area contributed by atoms with E-state index in [1.807, 2.05) is 24.3 Å². The first kappa shape index (κ1) is 17.6.